The molecule has 0 aliphatic rings. The first-order valence-corrected chi connectivity index (χ1v) is 5.39. The van der Waals surface area contributed by atoms with Crippen LogP contribution in [0.3, 0.4) is 0 Å². The first kappa shape index (κ1) is 10.5. The van der Waals surface area contributed by atoms with Crippen molar-refractivity contribution in [1.29, 1.82) is 0 Å². The number of nitrogens with zero attached hydrogens (tertiary/aromatic N) is 3. The van der Waals surface area contributed by atoms with Crippen LogP contribution in [0.1, 0.15) is 0 Å². The summed E-state index contributed by atoms with van der Waals surface area (Å²) in [6.45, 7) is 0. The number of anilines is 1. The highest BCUT2D eigenvalue weighted by atomic mass is 16.5. The van der Waals surface area contributed by atoms with Gasteiger partial charge in [0, 0.05) is 5.56 Å². The average Bonchev–Trinajstić information content (AvgIpc) is 2.88. The van der Waals surface area contributed by atoms with Crippen LogP contribution in [0.5, 0.6) is 5.75 Å². The van der Waals surface area contributed by atoms with Crippen LogP contribution in [-0.4, -0.2) is 27.3 Å². The Labute approximate surface area is 103 Å². The van der Waals surface area contributed by atoms with Crippen LogP contribution in [0.15, 0.2) is 30.5 Å². The van der Waals surface area contributed by atoms with Gasteiger partial charge in [0.2, 0.25) is 0 Å². The van der Waals surface area contributed by atoms with E-state index in [1.165, 1.54) is 0 Å². The maximum Gasteiger partial charge on any atom is 0.162 e. The first-order valence-electron chi connectivity index (χ1n) is 5.39. The molecule has 3 aromatic rings. The minimum absolute atomic E-state index is 0.392. The van der Waals surface area contributed by atoms with Crippen molar-refractivity contribution in [2.24, 2.45) is 0 Å². The van der Waals surface area contributed by atoms with Gasteiger partial charge in [0.25, 0.3) is 0 Å². The summed E-state index contributed by atoms with van der Waals surface area (Å²) in [5.41, 5.74) is 8.09. The summed E-state index contributed by atoms with van der Waals surface area (Å²) in [5.74, 6) is 1.75. The molecule has 0 aliphatic heterocycles. The van der Waals surface area contributed by atoms with Crippen molar-refractivity contribution in [3.8, 4) is 17.1 Å². The standard InChI is InChI=1S/C12H11N5O/c1-18-8-4-2-7(3-5-8)12-15-9-6-14-17-10(9)11(13)16-12/h2-6H,1H3,(H,14,17)(H2,13,15,16). The highest BCUT2D eigenvalue weighted by Crippen LogP contribution is 2.23. The van der Waals surface area contributed by atoms with Crippen molar-refractivity contribution in [3.63, 3.8) is 0 Å². The van der Waals surface area contributed by atoms with E-state index in [0.29, 0.717) is 22.7 Å². The fourth-order valence-corrected chi connectivity index (χ4v) is 1.73. The second kappa shape index (κ2) is 3.99. The van der Waals surface area contributed by atoms with Crippen LogP contribution < -0.4 is 10.5 Å². The summed E-state index contributed by atoms with van der Waals surface area (Å²) in [6.07, 6.45) is 1.63. The van der Waals surface area contributed by atoms with Crippen molar-refractivity contribution >= 4 is 16.9 Å². The number of H-pyrrole nitrogens is 1. The SMILES string of the molecule is COc1ccc(-c2nc(N)c3[nH]ncc3n2)cc1. The number of aromatic nitrogens is 4. The molecule has 0 radical (unpaired) electrons. The lowest BCUT2D eigenvalue weighted by atomic mass is 10.2. The summed E-state index contributed by atoms with van der Waals surface area (Å²) < 4.78 is 5.11. The predicted octanol–water partition coefficient (Wildman–Crippen LogP) is 1.61. The quantitative estimate of drug-likeness (QED) is 0.711. The van der Waals surface area contributed by atoms with Gasteiger partial charge < -0.3 is 10.5 Å². The van der Waals surface area contributed by atoms with Crippen molar-refractivity contribution in [2.45, 2.75) is 0 Å². The number of aromatic amines is 1. The number of benzene rings is 1. The van der Waals surface area contributed by atoms with Crippen molar-refractivity contribution in [2.75, 3.05) is 12.8 Å². The van der Waals surface area contributed by atoms with Gasteiger partial charge in [0.05, 0.1) is 13.3 Å². The largest absolute Gasteiger partial charge is 0.497 e. The number of hydrogen-bond donors (Lipinski definition) is 2. The van der Waals surface area contributed by atoms with Crippen LogP contribution in [-0.2, 0) is 0 Å². The molecular formula is C12H11N5O. The number of rotatable bonds is 2. The minimum Gasteiger partial charge on any atom is -0.497 e. The van der Waals surface area contributed by atoms with Gasteiger partial charge >= 0.3 is 0 Å². The van der Waals surface area contributed by atoms with E-state index in [0.717, 1.165) is 11.3 Å². The molecule has 90 valence electrons. The third-order valence-corrected chi connectivity index (χ3v) is 2.68. The Morgan fingerprint density at radius 3 is 2.67 bits per heavy atom. The maximum absolute atomic E-state index is 5.85. The van der Waals surface area contributed by atoms with E-state index < -0.39 is 0 Å². The lowest BCUT2D eigenvalue weighted by Crippen LogP contribution is -1.97. The fourth-order valence-electron chi connectivity index (χ4n) is 1.73. The molecule has 6 heteroatoms. The molecule has 0 fully saturated rings. The molecular weight excluding hydrogens is 230 g/mol. The Balaban J connectivity index is 2.12. The molecule has 0 atom stereocenters. The number of nitrogens with two attached hydrogens (primary N) is 1. The Bertz CT molecular complexity index is 689. The van der Waals surface area contributed by atoms with E-state index in [-0.39, 0.29) is 0 Å². The zero-order valence-electron chi connectivity index (χ0n) is 9.71. The van der Waals surface area contributed by atoms with Gasteiger partial charge in [-0.25, -0.2) is 9.97 Å². The van der Waals surface area contributed by atoms with Gasteiger partial charge in [-0.3, -0.25) is 5.10 Å². The van der Waals surface area contributed by atoms with Crippen LogP contribution in [0.25, 0.3) is 22.4 Å². The molecule has 2 heterocycles. The average molecular weight is 241 g/mol. The summed E-state index contributed by atoms with van der Waals surface area (Å²) in [6, 6.07) is 7.49. The van der Waals surface area contributed by atoms with Crippen molar-refractivity contribution in [1.82, 2.24) is 20.2 Å². The van der Waals surface area contributed by atoms with E-state index in [2.05, 4.69) is 20.2 Å². The smallest absolute Gasteiger partial charge is 0.162 e. The van der Waals surface area contributed by atoms with E-state index in [9.17, 15) is 0 Å². The highest BCUT2D eigenvalue weighted by molar-refractivity contribution is 5.85. The third kappa shape index (κ3) is 1.64. The molecule has 0 unspecified atom stereocenters. The molecule has 0 saturated carbocycles. The van der Waals surface area contributed by atoms with E-state index in [4.69, 9.17) is 10.5 Å². The van der Waals surface area contributed by atoms with Gasteiger partial charge in [0.15, 0.2) is 11.6 Å². The molecule has 0 bridgehead atoms. The normalized spacial score (nSPS) is 10.7. The van der Waals surface area contributed by atoms with Crippen molar-refractivity contribution < 1.29 is 4.74 Å². The van der Waals surface area contributed by atoms with E-state index in [1.807, 2.05) is 24.3 Å². The van der Waals surface area contributed by atoms with Gasteiger partial charge in [-0.2, -0.15) is 5.10 Å². The molecule has 3 N–H and O–H groups in total. The summed E-state index contributed by atoms with van der Waals surface area (Å²) in [5, 5.41) is 6.66. The number of methoxy groups -OCH3 is 1. The fraction of sp³-hybridized carbons (Fsp3) is 0.0833. The topological polar surface area (TPSA) is 89.7 Å². The Morgan fingerprint density at radius 2 is 1.94 bits per heavy atom. The van der Waals surface area contributed by atoms with Crippen molar-refractivity contribution in [3.05, 3.63) is 30.5 Å². The Morgan fingerprint density at radius 1 is 1.17 bits per heavy atom. The molecule has 18 heavy (non-hydrogen) atoms. The lowest BCUT2D eigenvalue weighted by molar-refractivity contribution is 0.415. The van der Waals surface area contributed by atoms with Gasteiger partial charge in [0.1, 0.15) is 16.8 Å². The highest BCUT2D eigenvalue weighted by Gasteiger charge is 2.08. The zero-order chi connectivity index (χ0) is 12.5. The summed E-state index contributed by atoms with van der Waals surface area (Å²) >= 11 is 0. The molecule has 3 rings (SSSR count). The van der Waals surface area contributed by atoms with Crippen LogP contribution >= 0.6 is 0 Å². The predicted molar refractivity (Wildman–Crippen MR) is 68.1 cm³/mol. The molecule has 1 aromatic carbocycles. The molecule has 0 aliphatic carbocycles. The summed E-state index contributed by atoms with van der Waals surface area (Å²) in [7, 11) is 1.63. The Kier molecular flexibility index (Phi) is 2.33. The number of nitrogens with one attached hydrogen (secondary N) is 1. The number of ether oxygens (including phenoxy) is 1. The van der Waals surface area contributed by atoms with E-state index in [1.54, 1.807) is 13.3 Å². The van der Waals surface area contributed by atoms with Crippen LogP contribution in [0.2, 0.25) is 0 Å². The molecule has 6 nitrogen and oxygen atoms in total. The third-order valence-electron chi connectivity index (χ3n) is 2.68. The second-order valence-electron chi connectivity index (χ2n) is 3.79. The molecule has 0 saturated heterocycles. The van der Waals surface area contributed by atoms with Crippen LogP contribution in [0, 0.1) is 0 Å². The van der Waals surface area contributed by atoms with Crippen LogP contribution in [0.4, 0.5) is 5.82 Å². The molecule has 0 spiro atoms. The molecule has 0 amide bonds. The number of nitrogen functional groups attached to an aromatic ring is 1. The van der Waals surface area contributed by atoms with Gasteiger partial charge in [-0.1, -0.05) is 0 Å². The number of fused-ring (bicyclic) bond motifs is 1. The Hall–Kier alpha value is -2.63. The molecule has 2 aromatic heterocycles. The zero-order valence-corrected chi connectivity index (χ0v) is 9.71. The maximum atomic E-state index is 5.85. The summed E-state index contributed by atoms with van der Waals surface area (Å²) in [4.78, 5) is 8.65. The van der Waals surface area contributed by atoms with Gasteiger partial charge in [-0.15, -0.1) is 0 Å². The number of hydrogen-bond acceptors (Lipinski definition) is 5. The van der Waals surface area contributed by atoms with Gasteiger partial charge in [-0.05, 0) is 24.3 Å². The first-order chi connectivity index (χ1) is 8.78. The second-order valence-corrected chi connectivity index (χ2v) is 3.79. The monoisotopic (exact) mass is 241 g/mol. The lowest BCUT2D eigenvalue weighted by Gasteiger charge is -2.03. The van der Waals surface area contributed by atoms with E-state index >= 15 is 0 Å². The minimum atomic E-state index is 0.392.